The Balaban J connectivity index is 2.68. The van der Waals surface area contributed by atoms with E-state index in [1.807, 2.05) is 0 Å². The van der Waals surface area contributed by atoms with Crippen LogP contribution in [0.2, 0.25) is 5.02 Å². The lowest BCUT2D eigenvalue weighted by atomic mass is 9.82. The number of fused-ring (bicyclic) bond motifs is 1. The van der Waals surface area contributed by atoms with E-state index >= 15 is 0 Å². The quantitative estimate of drug-likeness (QED) is 0.686. The molecule has 0 aliphatic carbocycles. The minimum absolute atomic E-state index is 0.00452. The van der Waals surface area contributed by atoms with Gasteiger partial charge in [0.15, 0.2) is 5.54 Å². The number of aliphatic imine (C=N–C) groups is 1. The molecule has 0 bridgehead atoms. The maximum absolute atomic E-state index is 13.7. The third kappa shape index (κ3) is 2.76. The van der Waals surface area contributed by atoms with Gasteiger partial charge in [-0.2, -0.15) is 26.3 Å². The van der Waals surface area contributed by atoms with Gasteiger partial charge in [-0.15, -0.1) is 0 Å². The van der Waals surface area contributed by atoms with Crippen LogP contribution in [0, 0.1) is 0 Å². The van der Waals surface area contributed by atoms with E-state index in [1.54, 1.807) is 0 Å². The van der Waals surface area contributed by atoms with Crippen LogP contribution in [0.3, 0.4) is 0 Å². The predicted octanol–water partition coefficient (Wildman–Crippen LogP) is 5.05. The van der Waals surface area contributed by atoms with Crippen molar-refractivity contribution in [3.8, 4) is 0 Å². The minimum Gasteiger partial charge on any atom is -0.335 e. The summed E-state index contributed by atoms with van der Waals surface area (Å²) in [6.07, 6.45) is -9.74. The van der Waals surface area contributed by atoms with Gasteiger partial charge in [-0.05, 0) is 24.6 Å². The molecule has 2 nitrogen and oxygen atoms in total. The SMILES string of the molecule is CCC1(C(F)(F)F)c2cc(Cl)ccc2N=CN1CC(F)(F)F. The average molecular weight is 345 g/mol. The van der Waals surface area contributed by atoms with Crippen molar-refractivity contribution in [2.24, 2.45) is 4.99 Å². The summed E-state index contributed by atoms with van der Waals surface area (Å²) in [4.78, 5) is 3.88. The van der Waals surface area contributed by atoms with Crippen LogP contribution in [-0.2, 0) is 5.54 Å². The van der Waals surface area contributed by atoms with E-state index in [-0.39, 0.29) is 21.2 Å². The van der Waals surface area contributed by atoms with Crippen molar-refractivity contribution in [3.05, 3.63) is 28.8 Å². The lowest BCUT2D eigenvalue weighted by Crippen LogP contribution is -2.58. The zero-order valence-electron chi connectivity index (χ0n) is 11.3. The zero-order valence-corrected chi connectivity index (χ0v) is 12.0. The molecule has 1 unspecified atom stereocenters. The molecule has 0 spiro atoms. The minimum atomic E-state index is -4.93. The Morgan fingerprint density at radius 3 is 2.32 bits per heavy atom. The summed E-state index contributed by atoms with van der Waals surface area (Å²) in [6, 6.07) is 3.62. The summed E-state index contributed by atoms with van der Waals surface area (Å²) in [5, 5.41) is 0.00452. The summed E-state index contributed by atoms with van der Waals surface area (Å²) >= 11 is 5.73. The number of halogens is 7. The van der Waals surface area contributed by atoms with Crippen LogP contribution in [0.15, 0.2) is 23.2 Å². The molecule has 0 N–H and O–H groups in total. The first-order valence-corrected chi connectivity index (χ1v) is 6.63. The first-order chi connectivity index (χ1) is 10.0. The van der Waals surface area contributed by atoms with Crippen LogP contribution >= 0.6 is 11.6 Å². The molecule has 1 aromatic carbocycles. The Morgan fingerprint density at radius 2 is 1.82 bits per heavy atom. The number of nitrogens with zero attached hydrogens (tertiary/aromatic N) is 2. The second-order valence-electron chi connectivity index (χ2n) is 4.86. The summed E-state index contributed by atoms with van der Waals surface area (Å²) in [5.41, 5.74) is -3.23. The molecule has 22 heavy (non-hydrogen) atoms. The topological polar surface area (TPSA) is 15.6 Å². The highest BCUT2D eigenvalue weighted by atomic mass is 35.5. The maximum Gasteiger partial charge on any atom is 0.415 e. The highest BCUT2D eigenvalue weighted by Gasteiger charge is 2.61. The largest absolute Gasteiger partial charge is 0.415 e. The molecular weight excluding hydrogens is 334 g/mol. The second-order valence-corrected chi connectivity index (χ2v) is 5.30. The van der Waals surface area contributed by atoms with Gasteiger partial charge in [0.25, 0.3) is 0 Å². The van der Waals surface area contributed by atoms with E-state index in [0.717, 1.165) is 6.07 Å². The first-order valence-electron chi connectivity index (χ1n) is 6.25. The Hall–Kier alpha value is -1.44. The Morgan fingerprint density at radius 1 is 1.18 bits per heavy atom. The molecule has 0 saturated carbocycles. The van der Waals surface area contributed by atoms with E-state index in [4.69, 9.17) is 11.6 Å². The number of hydrogen-bond donors (Lipinski definition) is 0. The zero-order chi connectivity index (χ0) is 16.8. The highest BCUT2D eigenvalue weighted by Crippen LogP contribution is 2.51. The highest BCUT2D eigenvalue weighted by molar-refractivity contribution is 6.30. The molecule has 0 saturated heterocycles. The van der Waals surface area contributed by atoms with Gasteiger partial charge < -0.3 is 4.90 Å². The van der Waals surface area contributed by atoms with Crippen molar-refractivity contribution in [2.45, 2.75) is 31.2 Å². The molecule has 0 aromatic heterocycles. The lowest BCUT2D eigenvalue weighted by Gasteiger charge is -2.46. The third-order valence-corrected chi connectivity index (χ3v) is 3.80. The normalized spacial score (nSPS) is 21.9. The molecule has 9 heteroatoms. The van der Waals surface area contributed by atoms with Crippen molar-refractivity contribution in [3.63, 3.8) is 0 Å². The van der Waals surface area contributed by atoms with E-state index in [1.165, 1.54) is 19.1 Å². The van der Waals surface area contributed by atoms with Crippen molar-refractivity contribution in [1.82, 2.24) is 4.90 Å². The molecule has 0 radical (unpaired) electrons. The van der Waals surface area contributed by atoms with Gasteiger partial charge in [0, 0.05) is 10.6 Å². The number of benzene rings is 1. The van der Waals surface area contributed by atoms with E-state index < -0.39 is 30.9 Å². The number of hydrogen-bond acceptors (Lipinski definition) is 2. The van der Waals surface area contributed by atoms with Gasteiger partial charge in [0.05, 0.1) is 12.0 Å². The fourth-order valence-corrected chi connectivity index (χ4v) is 2.79. The van der Waals surface area contributed by atoms with Gasteiger partial charge in [0.2, 0.25) is 0 Å². The molecule has 122 valence electrons. The van der Waals surface area contributed by atoms with Gasteiger partial charge >= 0.3 is 12.4 Å². The molecule has 1 heterocycles. The van der Waals surface area contributed by atoms with Gasteiger partial charge in [0.1, 0.15) is 6.54 Å². The lowest BCUT2D eigenvalue weighted by molar-refractivity contribution is -0.242. The molecule has 0 amide bonds. The monoisotopic (exact) mass is 344 g/mol. The smallest absolute Gasteiger partial charge is 0.335 e. The van der Waals surface area contributed by atoms with Crippen LogP contribution in [-0.4, -0.2) is 30.1 Å². The maximum atomic E-state index is 13.7. The fourth-order valence-electron chi connectivity index (χ4n) is 2.62. The molecule has 1 aliphatic rings. The van der Waals surface area contributed by atoms with E-state index in [2.05, 4.69) is 4.99 Å². The summed E-state index contributed by atoms with van der Waals surface area (Å²) < 4.78 is 79.2. The van der Waals surface area contributed by atoms with Crippen molar-refractivity contribution in [1.29, 1.82) is 0 Å². The number of alkyl halides is 6. The van der Waals surface area contributed by atoms with E-state index in [9.17, 15) is 26.3 Å². The van der Waals surface area contributed by atoms with Crippen molar-refractivity contribution in [2.75, 3.05) is 6.54 Å². The summed E-state index contributed by atoms with van der Waals surface area (Å²) in [7, 11) is 0. The van der Waals surface area contributed by atoms with Gasteiger partial charge in [-0.1, -0.05) is 18.5 Å². The molecule has 1 atom stereocenters. The number of rotatable bonds is 2. The molecule has 1 aromatic rings. The molecular formula is C13H11ClF6N2. The summed E-state index contributed by atoms with van der Waals surface area (Å²) in [5.74, 6) is 0. The Kier molecular flexibility index (Phi) is 4.10. The Labute approximate surface area is 127 Å². The molecule has 0 fully saturated rings. The van der Waals surface area contributed by atoms with Crippen LogP contribution in [0.5, 0.6) is 0 Å². The fraction of sp³-hybridized carbons (Fsp3) is 0.462. The van der Waals surface area contributed by atoms with Crippen LogP contribution in [0.1, 0.15) is 18.9 Å². The van der Waals surface area contributed by atoms with Crippen molar-refractivity contribution < 1.29 is 26.3 Å². The van der Waals surface area contributed by atoms with Gasteiger partial charge in [-0.25, -0.2) is 4.99 Å². The average Bonchev–Trinajstić information content (AvgIpc) is 2.35. The van der Waals surface area contributed by atoms with Crippen molar-refractivity contribution >= 4 is 23.6 Å². The molecule has 1 aliphatic heterocycles. The second kappa shape index (κ2) is 5.33. The van der Waals surface area contributed by atoms with Gasteiger partial charge in [-0.3, -0.25) is 0 Å². The first kappa shape index (κ1) is 16.9. The van der Waals surface area contributed by atoms with E-state index in [0.29, 0.717) is 6.34 Å². The molecule has 2 rings (SSSR count). The predicted molar refractivity (Wildman–Crippen MR) is 70.4 cm³/mol. The summed E-state index contributed by atoms with van der Waals surface area (Å²) in [6.45, 7) is -0.573. The standard InChI is InChI=1S/C13H11ClF6N2/c1-2-11(13(18,19)20)9-5-8(14)3-4-10(9)21-7-22(11)6-12(15,16)17/h3-5,7H,2,6H2,1H3. The van der Waals surface area contributed by atoms with Crippen LogP contribution in [0.4, 0.5) is 32.0 Å². The van der Waals surface area contributed by atoms with Crippen LogP contribution < -0.4 is 0 Å². The van der Waals surface area contributed by atoms with Crippen LogP contribution in [0.25, 0.3) is 0 Å². The third-order valence-electron chi connectivity index (χ3n) is 3.56. The Bertz CT molecular complexity index is 595.